The van der Waals surface area contributed by atoms with Crippen LogP contribution in [0.3, 0.4) is 0 Å². The summed E-state index contributed by atoms with van der Waals surface area (Å²) in [6, 6.07) is 0.0494. The lowest BCUT2D eigenvalue weighted by atomic mass is 10.4. The van der Waals surface area contributed by atoms with Gasteiger partial charge in [0.25, 0.3) is 5.88 Å². The molecule has 2 heterocycles. The summed E-state index contributed by atoms with van der Waals surface area (Å²) in [5.41, 5.74) is 0.727. The number of carbonyl (C=O) groups is 1. The van der Waals surface area contributed by atoms with Crippen molar-refractivity contribution in [2.75, 3.05) is 14.1 Å². The number of aromatic nitrogens is 5. The molecule has 0 saturated heterocycles. The van der Waals surface area contributed by atoms with Crippen molar-refractivity contribution in [3.05, 3.63) is 5.28 Å². The van der Waals surface area contributed by atoms with Crippen molar-refractivity contribution in [1.82, 2.24) is 29.9 Å². The van der Waals surface area contributed by atoms with E-state index < -0.39 is 6.09 Å². The number of ether oxygens (including phenoxy) is 1. The second-order valence-corrected chi connectivity index (χ2v) is 4.70. The van der Waals surface area contributed by atoms with E-state index in [2.05, 4.69) is 20.3 Å². The van der Waals surface area contributed by atoms with E-state index in [-0.39, 0.29) is 17.2 Å². The van der Waals surface area contributed by atoms with E-state index in [1.165, 1.54) is 4.90 Å². The third-order valence-corrected chi connectivity index (χ3v) is 2.47. The van der Waals surface area contributed by atoms with E-state index in [4.69, 9.17) is 16.3 Å². The lowest BCUT2D eigenvalue weighted by Crippen LogP contribution is -2.25. The van der Waals surface area contributed by atoms with E-state index in [9.17, 15) is 4.79 Å². The Balaban J connectivity index is 2.52. The second-order valence-electron chi connectivity index (χ2n) is 4.36. The highest BCUT2D eigenvalue weighted by Gasteiger charge is 2.19. The van der Waals surface area contributed by atoms with Gasteiger partial charge in [-0.15, -0.1) is 5.10 Å². The standard InChI is InChI=1S/C10H13ClN6O2/c1-5(2)17-7-6(14-15-17)8(13-9(11)12-7)19-10(18)16(3)4/h5H,1-4H3. The molecule has 2 rings (SSSR count). The lowest BCUT2D eigenvalue weighted by molar-refractivity contribution is 0.170. The van der Waals surface area contributed by atoms with E-state index in [1.807, 2.05) is 13.8 Å². The normalized spacial score (nSPS) is 11.1. The van der Waals surface area contributed by atoms with Gasteiger partial charge in [-0.05, 0) is 25.4 Å². The summed E-state index contributed by atoms with van der Waals surface area (Å²) in [7, 11) is 3.13. The summed E-state index contributed by atoms with van der Waals surface area (Å²) in [5.74, 6) is 0.000556. The summed E-state index contributed by atoms with van der Waals surface area (Å²) >= 11 is 5.82. The molecule has 0 atom stereocenters. The van der Waals surface area contributed by atoms with Crippen LogP contribution in [0.5, 0.6) is 5.88 Å². The lowest BCUT2D eigenvalue weighted by Gasteiger charge is -2.10. The highest BCUT2D eigenvalue weighted by Crippen LogP contribution is 2.23. The molecule has 19 heavy (non-hydrogen) atoms. The predicted molar refractivity (Wildman–Crippen MR) is 68.2 cm³/mol. The van der Waals surface area contributed by atoms with Gasteiger partial charge in [0, 0.05) is 14.1 Å². The predicted octanol–water partition coefficient (Wildman–Crippen LogP) is 1.52. The molecule has 0 unspecified atom stereocenters. The zero-order valence-electron chi connectivity index (χ0n) is 11.0. The fourth-order valence-corrected chi connectivity index (χ4v) is 1.53. The van der Waals surface area contributed by atoms with Crippen LogP contribution >= 0.6 is 11.6 Å². The zero-order valence-corrected chi connectivity index (χ0v) is 11.7. The van der Waals surface area contributed by atoms with Gasteiger partial charge in [-0.25, -0.2) is 9.48 Å². The van der Waals surface area contributed by atoms with Crippen LogP contribution in [0.25, 0.3) is 11.2 Å². The average Bonchev–Trinajstić information content (AvgIpc) is 2.72. The van der Waals surface area contributed by atoms with Crippen LogP contribution in [0.15, 0.2) is 0 Å². The number of fused-ring (bicyclic) bond motifs is 1. The Bertz CT molecular complexity index is 624. The van der Waals surface area contributed by atoms with Crippen molar-refractivity contribution in [3.8, 4) is 5.88 Å². The molecule has 0 aliphatic rings. The third-order valence-electron chi connectivity index (χ3n) is 2.30. The number of carbonyl (C=O) groups excluding carboxylic acids is 1. The molecule has 9 heteroatoms. The van der Waals surface area contributed by atoms with Crippen molar-refractivity contribution in [2.24, 2.45) is 0 Å². The Morgan fingerprint density at radius 2 is 2.05 bits per heavy atom. The van der Waals surface area contributed by atoms with Gasteiger partial charge < -0.3 is 9.64 Å². The van der Waals surface area contributed by atoms with Gasteiger partial charge >= 0.3 is 6.09 Å². The van der Waals surface area contributed by atoms with Crippen molar-refractivity contribution in [1.29, 1.82) is 0 Å². The Labute approximate surface area is 114 Å². The minimum absolute atomic E-state index is 0.000556. The fraction of sp³-hybridized carbons (Fsp3) is 0.500. The number of hydrogen-bond acceptors (Lipinski definition) is 6. The SMILES string of the molecule is CC(C)n1nnc2c(OC(=O)N(C)C)nc(Cl)nc21. The fourth-order valence-electron chi connectivity index (χ4n) is 1.37. The quantitative estimate of drug-likeness (QED) is 0.777. The van der Waals surface area contributed by atoms with Crippen LogP contribution in [0.2, 0.25) is 5.28 Å². The van der Waals surface area contributed by atoms with Gasteiger partial charge in [0.15, 0.2) is 11.2 Å². The first kappa shape index (κ1) is 13.5. The summed E-state index contributed by atoms with van der Waals surface area (Å²) in [6.07, 6.45) is -0.574. The summed E-state index contributed by atoms with van der Waals surface area (Å²) in [6.45, 7) is 3.85. The molecule has 0 N–H and O–H groups in total. The van der Waals surface area contributed by atoms with Crippen LogP contribution < -0.4 is 4.74 Å². The first-order valence-electron chi connectivity index (χ1n) is 5.57. The molecule has 0 radical (unpaired) electrons. The zero-order chi connectivity index (χ0) is 14.2. The summed E-state index contributed by atoms with van der Waals surface area (Å²) < 4.78 is 6.68. The Hall–Kier alpha value is -1.96. The Morgan fingerprint density at radius 3 is 2.63 bits per heavy atom. The molecule has 0 aliphatic heterocycles. The number of amides is 1. The molecule has 0 aliphatic carbocycles. The molecule has 0 spiro atoms. The molecular weight excluding hydrogens is 272 g/mol. The number of nitrogens with zero attached hydrogens (tertiary/aromatic N) is 6. The van der Waals surface area contributed by atoms with Crippen molar-refractivity contribution in [2.45, 2.75) is 19.9 Å². The number of hydrogen-bond donors (Lipinski definition) is 0. The van der Waals surface area contributed by atoms with Crippen LogP contribution in [-0.2, 0) is 0 Å². The van der Waals surface area contributed by atoms with Crippen LogP contribution in [0.1, 0.15) is 19.9 Å². The molecule has 1 amide bonds. The van der Waals surface area contributed by atoms with Gasteiger partial charge in [0.1, 0.15) is 0 Å². The highest BCUT2D eigenvalue weighted by molar-refractivity contribution is 6.28. The van der Waals surface area contributed by atoms with Crippen molar-refractivity contribution >= 4 is 28.9 Å². The number of rotatable bonds is 2. The van der Waals surface area contributed by atoms with Gasteiger partial charge in [0.2, 0.25) is 5.28 Å². The topological polar surface area (TPSA) is 86.0 Å². The highest BCUT2D eigenvalue weighted by atomic mass is 35.5. The first-order valence-corrected chi connectivity index (χ1v) is 5.95. The molecule has 0 bridgehead atoms. The number of halogens is 1. The maximum absolute atomic E-state index is 11.6. The molecule has 2 aromatic rings. The largest absolute Gasteiger partial charge is 0.416 e. The smallest absolute Gasteiger partial charge is 0.388 e. The Kier molecular flexibility index (Phi) is 3.52. The second kappa shape index (κ2) is 4.96. The molecular formula is C10H13ClN6O2. The van der Waals surface area contributed by atoms with E-state index >= 15 is 0 Å². The summed E-state index contributed by atoms with van der Waals surface area (Å²) in [5, 5.41) is 7.85. The van der Waals surface area contributed by atoms with Crippen molar-refractivity contribution < 1.29 is 9.53 Å². The van der Waals surface area contributed by atoms with Gasteiger partial charge in [-0.2, -0.15) is 9.97 Å². The summed E-state index contributed by atoms with van der Waals surface area (Å²) in [4.78, 5) is 20.7. The minimum Gasteiger partial charge on any atom is -0.388 e. The van der Waals surface area contributed by atoms with Gasteiger partial charge in [-0.3, -0.25) is 0 Å². The molecule has 0 fully saturated rings. The molecule has 0 aromatic carbocycles. The van der Waals surface area contributed by atoms with Crippen molar-refractivity contribution in [3.63, 3.8) is 0 Å². The Morgan fingerprint density at radius 1 is 1.37 bits per heavy atom. The first-order chi connectivity index (χ1) is 8.90. The monoisotopic (exact) mass is 284 g/mol. The average molecular weight is 285 g/mol. The minimum atomic E-state index is -0.574. The van der Waals surface area contributed by atoms with Crippen LogP contribution in [-0.4, -0.2) is 50.1 Å². The van der Waals surface area contributed by atoms with E-state index in [0.717, 1.165) is 0 Å². The third kappa shape index (κ3) is 2.58. The van der Waals surface area contributed by atoms with E-state index in [0.29, 0.717) is 11.2 Å². The molecule has 8 nitrogen and oxygen atoms in total. The molecule has 102 valence electrons. The van der Waals surface area contributed by atoms with Gasteiger partial charge in [0.05, 0.1) is 6.04 Å². The molecule has 0 saturated carbocycles. The van der Waals surface area contributed by atoms with Crippen LogP contribution in [0, 0.1) is 0 Å². The maximum atomic E-state index is 11.6. The van der Waals surface area contributed by atoms with E-state index in [1.54, 1.807) is 18.8 Å². The maximum Gasteiger partial charge on any atom is 0.416 e. The van der Waals surface area contributed by atoms with Crippen LogP contribution in [0.4, 0.5) is 4.79 Å². The van der Waals surface area contributed by atoms with Gasteiger partial charge in [-0.1, -0.05) is 5.21 Å². The molecule has 2 aromatic heterocycles.